The van der Waals surface area contributed by atoms with Crippen molar-refractivity contribution in [2.75, 3.05) is 26.7 Å². The fourth-order valence-electron chi connectivity index (χ4n) is 2.70. The number of nitrogens with zero attached hydrogens (tertiary/aromatic N) is 1. The Morgan fingerprint density at radius 3 is 2.71 bits per heavy atom. The molecule has 0 aromatic rings. The first-order valence-corrected chi connectivity index (χ1v) is 6.74. The maximum Gasteiger partial charge on any atom is 0.0900 e. The van der Waals surface area contributed by atoms with Crippen molar-refractivity contribution >= 4 is 0 Å². The quantitative estimate of drug-likeness (QED) is 0.696. The monoisotopic (exact) mass is 244 g/mol. The van der Waals surface area contributed by atoms with Gasteiger partial charge < -0.3 is 20.5 Å². The molecule has 0 heterocycles. The van der Waals surface area contributed by atoms with Crippen LogP contribution >= 0.6 is 0 Å². The van der Waals surface area contributed by atoms with Crippen LogP contribution in [-0.2, 0) is 4.74 Å². The molecule has 0 aliphatic heterocycles. The summed E-state index contributed by atoms with van der Waals surface area (Å²) >= 11 is 0. The van der Waals surface area contributed by atoms with Crippen molar-refractivity contribution in [3.63, 3.8) is 0 Å². The van der Waals surface area contributed by atoms with Gasteiger partial charge >= 0.3 is 0 Å². The van der Waals surface area contributed by atoms with Gasteiger partial charge in [-0.05, 0) is 46.2 Å². The Kier molecular flexibility index (Phi) is 6.41. The van der Waals surface area contributed by atoms with Gasteiger partial charge in [-0.1, -0.05) is 6.42 Å². The molecule has 0 bridgehead atoms. The number of likely N-dealkylation sites (N-methyl/N-ethyl adjacent to an activating group) is 1. The number of rotatable bonds is 7. The molecule has 1 aliphatic carbocycles. The number of aliphatic hydroxyl groups excluding tert-OH is 1. The van der Waals surface area contributed by atoms with E-state index in [0.29, 0.717) is 25.1 Å². The molecule has 0 aromatic carbocycles. The van der Waals surface area contributed by atoms with Crippen LogP contribution < -0.4 is 5.73 Å². The molecular formula is C13H28N2O2. The maximum atomic E-state index is 9.89. The fourth-order valence-corrected chi connectivity index (χ4v) is 2.70. The molecule has 4 nitrogen and oxygen atoms in total. The van der Waals surface area contributed by atoms with Crippen LogP contribution in [0.1, 0.15) is 33.1 Å². The summed E-state index contributed by atoms with van der Waals surface area (Å²) in [5.74, 6) is 0.596. The smallest absolute Gasteiger partial charge is 0.0900 e. The van der Waals surface area contributed by atoms with E-state index in [-0.39, 0.29) is 6.10 Å². The molecule has 0 spiro atoms. The van der Waals surface area contributed by atoms with E-state index in [1.54, 1.807) is 0 Å². The summed E-state index contributed by atoms with van der Waals surface area (Å²) in [5, 5.41) is 9.89. The molecule has 1 fully saturated rings. The number of ether oxygens (including phenoxy) is 1. The second kappa shape index (κ2) is 7.31. The van der Waals surface area contributed by atoms with E-state index >= 15 is 0 Å². The van der Waals surface area contributed by atoms with Crippen LogP contribution in [0.2, 0.25) is 0 Å². The SMILES string of the molecule is CC(C)OCC(O)CN(C)C1CCCC1CN. The van der Waals surface area contributed by atoms with Gasteiger partial charge in [-0.15, -0.1) is 0 Å². The Morgan fingerprint density at radius 2 is 2.12 bits per heavy atom. The summed E-state index contributed by atoms with van der Waals surface area (Å²) in [4.78, 5) is 2.25. The normalized spacial score (nSPS) is 27.0. The standard InChI is InChI=1S/C13H28N2O2/c1-10(2)17-9-12(16)8-15(3)13-6-4-5-11(13)7-14/h10-13,16H,4-9,14H2,1-3H3. The van der Waals surface area contributed by atoms with E-state index in [1.807, 2.05) is 13.8 Å². The molecule has 0 saturated heterocycles. The van der Waals surface area contributed by atoms with Crippen LogP contribution in [0.25, 0.3) is 0 Å². The third-order valence-electron chi connectivity index (χ3n) is 3.61. The third-order valence-corrected chi connectivity index (χ3v) is 3.61. The van der Waals surface area contributed by atoms with Crippen molar-refractivity contribution in [1.29, 1.82) is 0 Å². The average molecular weight is 244 g/mol. The molecule has 3 unspecified atom stereocenters. The molecule has 1 aliphatic rings. The van der Waals surface area contributed by atoms with Gasteiger partial charge in [0.2, 0.25) is 0 Å². The van der Waals surface area contributed by atoms with Crippen LogP contribution in [0.3, 0.4) is 0 Å². The lowest BCUT2D eigenvalue weighted by Crippen LogP contribution is -2.42. The summed E-state index contributed by atoms with van der Waals surface area (Å²) in [6.45, 7) is 5.82. The topological polar surface area (TPSA) is 58.7 Å². The van der Waals surface area contributed by atoms with Crippen molar-refractivity contribution in [3.05, 3.63) is 0 Å². The van der Waals surface area contributed by atoms with E-state index in [2.05, 4.69) is 11.9 Å². The number of hydrogen-bond acceptors (Lipinski definition) is 4. The summed E-state index contributed by atoms with van der Waals surface area (Å²) in [5.41, 5.74) is 5.78. The summed E-state index contributed by atoms with van der Waals surface area (Å²) in [6.07, 6.45) is 3.47. The van der Waals surface area contributed by atoms with Gasteiger partial charge in [0, 0.05) is 12.6 Å². The highest BCUT2D eigenvalue weighted by Gasteiger charge is 2.29. The Morgan fingerprint density at radius 1 is 1.41 bits per heavy atom. The molecule has 0 amide bonds. The predicted molar refractivity (Wildman–Crippen MR) is 69.9 cm³/mol. The molecule has 3 atom stereocenters. The number of aliphatic hydroxyl groups is 1. The Balaban J connectivity index is 2.29. The van der Waals surface area contributed by atoms with Gasteiger partial charge in [0.05, 0.1) is 18.8 Å². The molecule has 1 saturated carbocycles. The third kappa shape index (κ3) is 4.92. The highest BCUT2D eigenvalue weighted by atomic mass is 16.5. The van der Waals surface area contributed by atoms with Gasteiger partial charge in [-0.2, -0.15) is 0 Å². The molecule has 17 heavy (non-hydrogen) atoms. The molecule has 4 heteroatoms. The summed E-state index contributed by atoms with van der Waals surface area (Å²) < 4.78 is 5.42. The van der Waals surface area contributed by atoms with Crippen LogP contribution in [0.5, 0.6) is 0 Å². The molecular weight excluding hydrogens is 216 g/mol. The van der Waals surface area contributed by atoms with E-state index in [9.17, 15) is 5.11 Å². The lowest BCUT2D eigenvalue weighted by atomic mass is 10.0. The minimum absolute atomic E-state index is 0.179. The van der Waals surface area contributed by atoms with Crippen LogP contribution in [-0.4, -0.2) is 55.0 Å². The van der Waals surface area contributed by atoms with Crippen LogP contribution in [0, 0.1) is 5.92 Å². The highest BCUT2D eigenvalue weighted by molar-refractivity contribution is 4.85. The Labute approximate surface area is 105 Å². The Bertz CT molecular complexity index is 212. The number of nitrogens with two attached hydrogens (primary N) is 1. The first-order chi connectivity index (χ1) is 8.04. The molecule has 0 radical (unpaired) electrons. The van der Waals surface area contributed by atoms with Gasteiger partial charge in [0.1, 0.15) is 0 Å². The molecule has 0 aromatic heterocycles. The van der Waals surface area contributed by atoms with Crippen molar-refractivity contribution in [3.8, 4) is 0 Å². The minimum atomic E-state index is -0.401. The maximum absolute atomic E-state index is 9.89. The van der Waals surface area contributed by atoms with Gasteiger partial charge in [-0.25, -0.2) is 0 Å². The first kappa shape index (κ1) is 14.9. The van der Waals surface area contributed by atoms with E-state index in [0.717, 1.165) is 6.54 Å². The molecule has 3 N–H and O–H groups in total. The molecule has 102 valence electrons. The van der Waals surface area contributed by atoms with Crippen molar-refractivity contribution in [2.45, 2.75) is 51.4 Å². The highest BCUT2D eigenvalue weighted by Crippen LogP contribution is 2.28. The fraction of sp³-hybridized carbons (Fsp3) is 1.00. The zero-order chi connectivity index (χ0) is 12.8. The summed E-state index contributed by atoms with van der Waals surface area (Å²) in [7, 11) is 2.08. The van der Waals surface area contributed by atoms with Gasteiger partial charge in [-0.3, -0.25) is 0 Å². The number of hydrogen-bond donors (Lipinski definition) is 2. The predicted octanol–water partition coefficient (Wildman–Crippen LogP) is 0.832. The van der Waals surface area contributed by atoms with Crippen LogP contribution in [0.4, 0.5) is 0 Å². The van der Waals surface area contributed by atoms with Gasteiger partial charge in [0.15, 0.2) is 0 Å². The lowest BCUT2D eigenvalue weighted by Gasteiger charge is -2.30. The minimum Gasteiger partial charge on any atom is -0.389 e. The zero-order valence-electron chi connectivity index (χ0n) is 11.4. The van der Waals surface area contributed by atoms with Crippen molar-refractivity contribution in [2.24, 2.45) is 11.7 Å². The van der Waals surface area contributed by atoms with Crippen molar-refractivity contribution < 1.29 is 9.84 Å². The van der Waals surface area contributed by atoms with E-state index in [4.69, 9.17) is 10.5 Å². The molecule has 1 rings (SSSR count). The Hall–Kier alpha value is -0.160. The van der Waals surface area contributed by atoms with Gasteiger partial charge in [0.25, 0.3) is 0 Å². The van der Waals surface area contributed by atoms with E-state index < -0.39 is 6.10 Å². The zero-order valence-corrected chi connectivity index (χ0v) is 11.4. The lowest BCUT2D eigenvalue weighted by molar-refractivity contribution is -0.0120. The average Bonchev–Trinajstić information content (AvgIpc) is 2.74. The van der Waals surface area contributed by atoms with Crippen molar-refractivity contribution in [1.82, 2.24) is 4.90 Å². The second-order valence-corrected chi connectivity index (χ2v) is 5.47. The second-order valence-electron chi connectivity index (χ2n) is 5.47. The summed E-state index contributed by atoms with van der Waals surface area (Å²) in [6, 6.07) is 0.536. The largest absolute Gasteiger partial charge is 0.389 e. The van der Waals surface area contributed by atoms with Crippen LogP contribution in [0.15, 0.2) is 0 Å². The van der Waals surface area contributed by atoms with E-state index in [1.165, 1.54) is 19.3 Å². The first-order valence-electron chi connectivity index (χ1n) is 6.74.